The Morgan fingerprint density at radius 1 is 1.03 bits per heavy atom. The Kier molecular flexibility index (Phi) is 7.14. The van der Waals surface area contributed by atoms with Crippen molar-refractivity contribution < 1.29 is 14.4 Å². The fourth-order valence-corrected chi connectivity index (χ4v) is 4.90. The number of hydrogen-bond acceptors (Lipinski definition) is 6. The standard InChI is InChI=1S/C24H21N3O3S2/c28-21(15-19-16-31-22(26-19)14-18-9-5-2-6-10-18)25-11-12-27-23(29)20(32-24(27)30)13-17-7-3-1-4-8-17/h1-10,13,16H,11-12,14-15H2,(H,25,28)/b20-13-. The fraction of sp³-hybridized carbons (Fsp3) is 0.167. The predicted octanol–water partition coefficient (Wildman–Crippen LogP) is 4.13. The van der Waals surface area contributed by atoms with Gasteiger partial charge in [0.05, 0.1) is 22.0 Å². The smallest absolute Gasteiger partial charge is 0.293 e. The van der Waals surface area contributed by atoms with Crippen molar-refractivity contribution in [3.63, 3.8) is 0 Å². The van der Waals surface area contributed by atoms with Crippen LogP contribution in [0.3, 0.4) is 0 Å². The fourth-order valence-electron chi connectivity index (χ4n) is 3.21. The van der Waals surface area contributed by atoms with E-state index in [1.807, 2.05) is 66.0 Å². The summed E-state index contributed by atoms with van der Waals surface area (Å²) in [6.45, 7) is 0.343. The summed E-state index contributed by atoms with van der Waals surface area (Å²) in [5.41, 5.74) is 2.76. The zero-order valence-corrected chi connectivity index (χ0v) is 18.8. The molecule has 4 rings (SSSR count). The van der Waals surface area contributed by atoms with Gasteiger partial charge in [-0.05, 0) is 29.0 Å². The number of aromatic nitrogens is 1. The van der Waals surface area contributed by atoms with Crippen LogP contribution in [0.4, 0.5) is 4.79 Å². The molecule has 6 nitrogen and oxygen atoms in total. The van der Waals surface area contributed by atoms with Gasteiger partial charge in [-0.2, -0.15) is 0 Å². The minimum atomic E-state index is -0.330. The molecular weight excluding hydrogens is 442 g/mol. The summed E-state index contributed by atoms with van der Waals surface area (Å²) in [7, 11) is 0. The first kappa shape index (κ1) is 22.0. The van der Waals surface area contributed by atoms with Gasteiger partial charge in [-0.1, -0.05) is 60.7 Å². The molecule has 0 unspecified atom stereocenters. The predicted molar refractivity (Wildman–Crippen MR) is 127 cm³/mol. The quantitative estimate of drug-likeness (QED) is 0.508. The number of thioether (sulfide) groups is 1. The summed E-state index contributed by atoms with van der Waals surface area (Å²) >= 11 is 2.45. The zero-order valence-electron chi connectivity index (χ0n) is 17.2. The third kappa shape index (κ3) is 5.72. The van der Waals surface area contributed by atoms with Crippen LogP contribution in [0.25, 0.3) is 6.08 Å². The van der Waals surface area contributed by atoms with Gasteiger partial charge in [0.1, 0.15) is 0 Å². The van der Waals surface area contributed by atoms with Gasteiger partial charge >= 0.3 is 0 Å². The van der Waals surface area contributed by atoms with E-state index >= 15 is 0 Å². The van der Waals surface area contributed by atoms with E-state index in [1.54, 1.807) is 6.08 Å². The molecule has 2 aromatic carbocycles. The van der Waals surface area contributed by atoms with E-state index in [1.165, 1.54) is 21.8 Å². The molecule has 32 heavy (non-hydrogen) atoms. The van der Waals surface area contributed by atoms with Crippen LogP contribution in [-0.4, -0.2) is 40.0 Å². The lowest BCUT2D eigenvalue weighted by atomic mass is 10.2. The average Bonchev–Trinajstić information content (AvgIpc) is 3.33. The molecule has 1 aliphatic rings. The van der Waals surface area contributed by atoms with Gasteiger partial charge in [0.15, 0.2) is 0 Å². The summed E-state index contributed by atoms with van der Waals surface area (Å²) in [5, 5.41) is 5.30. The third-order valence-electron chi connectivity index (χ3n) is 4.77. The van der Waals surface area contributed by atoms with Gasteiger partial charge < -0.3 is 5.32 Å². The molecule has 8 heteroatoms. The number of rotatable bonds is 8. The molecule has 0 saturated carbocycles. The Bertz CT molecular complexity index is 1140. The van der Waals surface area contributed by atoms with Crippen molar-refractivity contribution >= 4 is 46.2 Å². The maximum Gasteiger partial charge on any atom is 0.293 e. The molecule has 0 atom stereocenters. The molecule has 1 aliphatic heterocycles. The molecule has 1 fully saturated rings. The number of nitrogens with zero attached hydrogens (tertiary/aromatic N) is 2. The van der Waals surface area contributed by atoms with E-state index in [-0.39, 0.29) is 36.6 Å². The summed E-state index contributed by atoms with van der Waals surface area (Å²) in [6.07, 6.45) is 2.61. The molecule has 162 valence electrons. The summed E-state index contributed by atoms with van der Waals surface area (Å²) in [4.78, 5) is 43.1. The van der Waals surface area contributed by atoms with E-state index in [0.717, 1.165) is 34.4 Å². The second-order valence-electron chi connectivity index (χ2n) is 7.17. The SMILES string of the molecule is O=C(Cc1csc(Cc2ccccc2)n1)NCCN1C(=O)S/C(=C\c2ccccc2)C1=O. The number of thiazole rings is 1. The maximum atomic E-state index is 12.5. The number of carbonyl (C=O) groups is 3. The molecule has 1 saturated heterocycles. The van der Waals surface area contributed by atoms with Crippen molar-refractivity contribution in [2.75, 3.05) is 13.1 Å². The number of benzene rings is 2. The second kappa shape index (κ2) is 10.4. The lowest BCUT2D eigenvalue weighted by Crippen LogP contribution is -2.37. The molecule has 0 radical (unpaired) electrons. The van der Waals surface area contributed by atoms with Crippen molar-refractivity contribution in [1.29, 1.82) is 0 Å². The van der Waals surface area contributed by atoms with Crippen LogP contribution < -0.4 is 5.32 Å². The van der Waals surface area contributed by atoms with Gasteiger partial charge in [-0.25, -0.2) is 4.98 Å². The van der Waals surface area contributed by atoms with Crippen LogP contribution in [0.1, 0.15) is 21.8 Å². The molecule has 0 aliphatic carbocycles. The van der Waals surface area contributed by atoms with Crippen LogP contribution >= 0.6 is 23.1 Å². The molecule has 3 aromatic rings. The molecule has 1 aromatic heterocycles. The minimum absolute atomic E-state index is 0.138. The number of imide groups is 1. The van der Waals surface area contributed by atoms with Crippen molar-refractivity contribution in [3.05, 3.63) is 92.8 Å². The normalized spacial score (nSPS) is 14.9. The summed E-state index contributed by atoms with van der Waals surface area (Å²) < 4.78 is 0. The van der Waals surface area contributed by atoms with Gasteiger partial charge in [0.2, 0.25) is 5.91 Å². The highest BCUT2D eigenvalue weighted by molar-refractivity contribution is 8.18. The van der Waals surface area contributed by atoms with Crippen LogP contribution in [0.15, 0.2) is 70.9 Å². The Morgan fingerprint density at radius 2 is 1.75 bits per heavy atom. The largest absolute Gasteiger partial charge is 0.354 e. The highest BCUT2D eigenvalue weighted by Crippen LogP contribution is 2.31. The van der Waals surface area contributed by atoms with Crippen molar-refractivity contribution in [1.82, 2.24) is 15.2 Å². The maximum absolute atomic E-state index is 12.5. The Hall–Kier alpha value is -3.23. The van der Waals surface area contributed by atoms with Crippen LogP contribution in [0.5, 0.6) is 0 Å². The van der Waals surface area contributed by atoms with E-state index in [0.29, 0.717) is 4.91 Å². The lowest BCUT2D eigenvalue weighted by Gasteiger charge is -2.12. The van der Waals surface area contributed by atoms with Gasteiger partial charge in [0, 0.05) is 24.9 Å². The van der Waals surface area contributed by atoms with Gasteiger partial charge in [-0.15, -0.1) is 11.3 Å². The third-order valence-corrected chi connectivity index (χ3v) is 6.57. The number of hydrogen-bond donors (Lipinski definition) is 1. The molecule has 0 spiro atoms. The van der Waals surface area contributed by atoms with E-state index < -0.39 is 0 Å². The Balaban J connectivity index is 1.25. The molecule has 1 N–H and O–H groups in total. The highest BCUT2D eigenvalue weighted by Gasteiger charge is 2.34. The van der Waals surface area contributed by atoms with Crippen molar-refractivity contribution in [3.8, 4) is 0 Å². The van der Waals surface area contributed by atoms with Crippen LogP contribution in [-0.2, 0) is 22.4 Å². The van der Waals surface area contributed by atoms with E-state index in [9.17, 15) is 14.4 Å². The zero-order chi connectivity index (χ0) is 22.3. The molecule has 2 heterocycles. The van der Waals surface area contributed by atoms with E-state index in [4.69, 9.17) is 0 Å². The number of amides is 3. The monoisotopic (exact) mass is 463 g/mol. The lowest BCUT2D eigenvalue weighted by molar-refractivity contribution is -0.124. The summed E-state index contributed by atoms with van der Waals surface area (Å²) in [5.74, 6) is -0.517. The Labute approximate surface area is 194 Å². The number of carbonyl (C=O) groups excluding carboxylic acids is 3. The summed E-state index contributed by atoms with van der Waals surface area (Å²) in [6, 6.07) is 19.4. The van der Waals surface area contributed by atoms with Gasteiger partial charge in [-0.3, -0.25) is 19.3 Å². The van der Waals surface area contributed by atoms with E-state index in [2.05, 4.69) is 10.3 Å². The second-order valence-corrected chi connectivity index (χ2v) is 9.10. The Morgan fingerprint density at radius 3 is 2.50 bits per heavy atom. The molecule has 3 amide bonds. The highest BCUT2D eigenvalue weighted by atomic mass is 32.2. The van der Waals surface area contributed by atoms with Crippen molar-refractivity contribution in [2.45, 2.75) is 12.8 Å². The topological polar surface area (TPSA) is 79.4 Å². The first-order valence-electron chi connectivity index (χ1n) is 10.1. The van der Waals surface area contributed by atoms with Crippen LogP contribution in [0, 0.1) is 0 Å². The number of nitrogens with one attached hydrogen (secondary N) is 1. The van der Waals surface area contributed by atoms with Crippen molar-refractivity contribution in [2.24, 2.45) is 0 Å². The van der Waals surface area contributed by atoms with Crippen LogP contribution in [0.2, 0.25) is 0 Å². The average molecular weight is 464 g/mol. The van der Waals surface area contributed by atoms with Gasteiger partial charge in [0.25, 0.3) is 11.1 Å². The minimum Gasteiger partial charge on any atom is -0.354 e. The molecule has 0 bridgehead atoms. The first-order valence-corrected chi connectivity index (χ1v) is 11.8. The first-order chi connectivity index (χ1) is 15.6. The molecular formula is C24H21N3O3S2.